The molecule has 0 bridgehead atoms. The Kier molecular flexibility index (Phi) is 6.50. The highest BCUT2D eigenvalue weighted by atomic mass is 16.5. The summed E-state index contributed by atoms with van der Waals surface area (Å²) in [5, 5.41) is 7.37. The minimum Gasteiger partial charge on any atom is -0.484 e. The number of aromatic nitrogens is 2. The first-order valence-electron chi connectivity index (χ1n) is 11.3. The molecule has 1 spiro atoms. The number of hydrogen-bond acceptors (Lipinski definition) is 5. The van der Waals surface area contributed by atoms with E-state index in [4.69, 9.17) is 9.47 Å². The van der Waals surface area contributed by atoms with Crippen molar-refractivity contribution >= 4 is 11.8 Å². The molecule has 1 N–H and O–H groups in total. The molecular formula is C24H32N4O4. The third-order valence-corrected chi connectivity index (χ3v) is 6.42. The van der Waals surface area contributed by atoms with E-state index in [-0.39, 0.29) is 24.0 Å². The van der Waals surface area contributed by atoms with Crippen molar-refractivity contribution in [3.8, 4) is 5.75 Å². The van der Waals surface area contributed by atoms with Gasteiger partial charge in [0.2, 0.25) is 0 Å². The van der Waals surface area contributed by atoms with Gasteiger partial charge in [-0.3, -0.25) is 14.3 Å². The summed E-state index contributed by atoms with van der Waals surface area (Å²) in [6, 6.07) is 7.71. The number of aryl methyl sites for hydroxylation is 2. The monoisotopic (exact) mass is 440 g/mol. The molecule has 4 rings (SSSR count). The van der Waals surface area contributed by atoms with Crippen molar-refractivity contribution in [1.82, 2.24) is 20.0 Å². The minimum atomic E-state index is -0.313. The number of likely N-dealkylation sites (tertiary alicyclic amines) is 1. The van der Waals surface area contributed by atoms with E-state index >= 15 is 0 Å². The summed E-state index contributed by atoms with van der Waals surface area (Å²) in [5.74, 6) is 0.565. The number of carbonyl (C=O) groups is 2. The average Bonchev–Trinajstić information content (AvgIpc) is 3.12. The second-order valence-corrected chi connectivity index (χ2v) is 8.79. The third kappa shape index (κ3) is 4.65. The normalized spacial score (nSPS) is 17.2. The van der Waals surface area contributed by atoms with E-state index in [1.165, 1.54) is 0 Å². The van der Waals surface area contributed by atoms with Crippen molar-refractivity contribution in [1.29, 1.82) is 0 Å². The lowest BCUT2D eigenvalue weighted by Crippen LogP contribution is -2.51. The molecule has 2 aromatic rings. The maximum atomic E-state index is 12.6. The fourth-order valence-corrected chi connectivity index (χ4v) is 4.49. The van der Waals surface area contributed by atoms with E-state index in [1.54, 1.807) is 0 Å². The fourth-order valence-electron chi connectivity index (χ4n) is 4.49. The van der Waals surface area contributed by atoms with Crippen LogP contribution in [0.15, 0.2) is 24.3 Å². The van der Waals surface area contributed by atoms with Crippen LogP contribution in [0.2, 0.25) is 0 Å². The molecule has 2 aliphatic rings. The Hall–Kier alpha value is -2.87. The van der Waals surface area contributed by atoms with Gasteiger partial charge in [-0.25, -0.2) is 0 Å². The van der Waals surface area contributed by atoms with E-state index in [9.17, 15) is 9.59 Å². The predicted molar refractivity (Wildman–Crippen MR) is 120 cm³/mol. The zero-order valence-corrected chi connectivity index (χ0v) is 19.1. The molecule has 1 aromatic heterocycles. The Bertz CT molecular complexity index is 992. The Balaban J connectivity index is 1.35. The fraction of sp³-hybridized carbons (Fsp3) is 0.542. The molecule has 0 saturated carbocycles. The molecule has 8 nitrogen and oxygen atoms in total. The van der Waals surface area contributed by atoms with Crippen LogP contribution in [0.4, 0.5) is 0 Å². The lowest BCUT2D eigenvalue weighted by Gasteiger charge is -2.43. The number of nitrogens with zero attached hydrogens (tertiary/aromatic N) is 3. The number of ether oxygens (including phenoxy) is 2. The summed E-state index contributed by atoms with van der Waals surface area (Å²) < 4.78 is 13.8. The summed E-state index contributed by atoms with van der Waals surface area (Å²) >= 11 is 0. The molecule has 2 amide bonds. The number of benzene rings is 1. The molecule has 0 unspecified atom stereocenters. The number of piperidine rings is 1. The van der Waals surface area contributed by atoms with Crippen molar-refractivity contribution in [3.05, 3.63) is 46.8 Å². The van der Waals surface area contributed by atoms with Crippen LogP contribution in [-0.4, -0.2) is 58.3 Å². The van der Waals surface area contributed by atoms with E-state index < -0.39 is 0 Å². The van der Waals surface area contributed by atoms with Crippen LogP contribution in [0.3, 0.4) is 0 Å². The van der Waals surface area contributed by atoms with Gasteiger partial charge >= 0.3 is 0 Å². The van der Waals surface area contributed by atoms with E-state index in [1.807, 2.05) is 54.7 Å². The highest BCUT2D eigenvalue weighted by Crippen LogP contribution is 2.37. The molecule has 0 atom stereocenters. The molecule has 1 saturated heterocycles. The van der Waals surface area contributed by atoms with Crippen LogP contribution in [0.25, 0.3) is 0 Å². The maximum absolute atomic E-state index is 12.6. The van der Waals surface area contributed by atoms with Crippen LogP contribution in [-0.2, 0) is 29.6 Å². The zero-order chi connectivity index (χ0) is 22.7. The number of rotatable bonds is 6. The first-order valence-corrected chi connectivity index (χ1v) is 11.3. The van der Waals surface area contributed by atoms with Crippen molar-refractivity contribution in [2.45, 2.75) is 51.7 Å². The van der Waals surface area contributed by atoms with Gasteiger partial charge in [-0.05, 0) is 43.9 Å². The first-order chi connectivity index (χ1) is 15.4. The number of hydrogen-bond donors (Lipinski definition) is 1. The second kappa shape index (κ2) is 9.32. The van der Waals surface area contributed by atoms with E-state index in [2.05, 4.69) is 10.4 Å². The molecule has 1 fully saturated rings. The van der Waals surface area contributed by atoms with Crippen molar-refractivity contribution in [2.75, 3.05) is 26.2 Å². The SMILES string of the molecule is CCCNC(=O)c1nn(C)c2c1COC1(CCN(C(=O)COc3cccc(C)c3)CC1)C2. The van der Waals surface area contributed by atoms with Crippen molar-refractivity contribution in [3.63, 3.8) is 0 Å². The summed E-state index contributed by atoms with van der Waals surface area (Å²) in [6.07, 6.45) is 3.09. The molecule has 8 heteroatoms. The van der Waals surface area contributed by atoms with Gasteiger partial charge in [0.15, 0.2) is 12.3 Å². The largest absolute Gasteiger partial charge is 0.484 e. The summed E-state index contributed by atoms with van der Waals surface area (Å²) in [5.41, 5.74) is 3.19. The molecule has 3 heterocycles. The molecule has 0 aliphatic carbocycles. The van der Waals surface area contributed by atoms with Gasteiger partial charge in [-0.2, -0.15) is 5.10 Å². The van der Waals surface area contributed by atoms with Crippen molar-refractivity contribution in [2.24, 2.45) is 7.05 Å². The van der Waals surface area contributed by atoms with Gasteiger partial charge in [-0.1, -0.05) is 19.1 Å². The van der Waals surface area contributed by atoms with Gasteiger partial charge in [0.05, 0.1) is 12.2 Å². The Labute approximate surface area is 188 Å². The summed E-state index contributed by atoms with van der Waals surface area (Å²) in [6.45, 7) is 6.33. The maximum Gasteiger partial charge on any atom is 0.272 e. The van der Waals surface area contributed by atoms with Crippen molar-refractivity contribution < 1.29 is 19.1 Å². The molecule has 172 valence electrons. The topological polar surface area (TPSA) is 85.7 Å². The Morgan fingerprint density at radius 3 is 2.78 bits per heavy atom. The molecule has 2 aliphatic heterocycles. The average molecular weight is 441 g/mol. The highest BCUT2D eigenvalue weighted by Gasteiger charge is 2.42. The summed E-state index contributed by atoms with van der Waals surface area (Å²) in [4.78, 5) is 27.0. The Morgan fingerprint density at radius 2 is 2.06 bits per heavy atom. The summed E-state index contributed by atoms with van der Waals surface area (Å²) in [7, 11) is 1.88. The minimum absolute atomic E-state index is 0.00623. The van der Waals surface area contributed by atoms with Crippen LogP contribution >= 0.6 is 0 Å². The predicted octanol–water partition coefficient (Wildman–Crippen LogP) is 2.38. The molecule has 1 aromatic carbocycles. The van der Waals surface area contributed by atoms with Gasteiger partial charge in [0.1, 0.15) is 5.75 Å². The molecule has 0 radical (unpaired) electrons. The smallest absolute Gasteiger partial charge is 0.272 e. The quantitative estimate of drug-likeness (QED) is 0.746. The van der Waals surface area contributed by atoms with Crippen LogP contribution in [0, 0.1) is 6.92 Å². The van der Waals surface area contributed by atoms with Gasteiger partial charge in [0.25, 0.3) is 11.8 Å². The van der Waals surface area contributed by atoms with E-state index in [0.717, 1.165) is 36.1 Å². The lowest BCUT2D eigenvalue weighted by molar-refractivity contribution is -0.143. The third-order valence-electron chi connectivity index (χ3n) is 6.42. The van der Waals surface area contributed by atoms with Crippen LogP contribution < -0.4 is 10.1 Å². The number of amides is 2. The van der Waals surface area contributed by atoms with Crippen LogP contribution in [0.1, 0.15) is 53.5 Å². The van der Waals surface area contributed by atoms with Crippen LogP contribution in [0.5, 0.6) is 5.75 Å². The van der Waals surface area contributed by atoms with E-state index in [0.29, 0.717) is 44.1 Å². The number of fused-ring (bicyclic) bond motifs is 1. The van der Waals surface area contributed by atoms with Gasteiger partial charge < -0.3 is 19.7 Å². The Morgan fingerprint density at radius 1 is 1.28 bits per heavy atom. The van der Waals surface area contributed by atoms with Gasteiger partial charge in [0, 0.05) is 44.4 Å². The lowest BCUT2D eigenvalue weighted by atomic mass is 9.83. The zero-order valence-electron chi connectivity index (χ0n) is 19.1. The highest BCUT2D eigenvalue weighted by molar-refractivity contribution is 5.94. The number of carbonyl (C=O) groups excluding carboxylic acids is 2. The van der Waals surface area contributed by atoms with Gasteiger partial charge in [-0.15, -0.1) is 0 Å². The standard InChI is InChI=1S/C24H32N4O4/c1-4-10-25-23(30)22-19-15-32-24(14-20(19)27(3)26-22)8-11-28(12-9-24)21(29)16-31-18-7-5-6-17(2)13-18/h5-7,13H,4,8-12,14-16H2,1-3H3,(H,25,30). The second-order valence-electron chi connectivity index (χ2n) is 8.79. The molecular weight excluding hydrogens is 408 g/mol. The number of nitrogens with one attached hydrogen (secondary N) is 1. The molecule has 32 heavy (non-hydrogen) atoms. The first kappa shape index (κ1) is 22.3.